The van der Waals surface area contributed by atoms with Gasteiger partial charge in [0.05, 0.1) is 11.1 Å². The smallest absolute Gasteiger partial charge is 0.137 e. The van der Waals surface area contributed by atoms with Gasteiger partial charge >= 0.3 is 0 Å². The van der Waals surface area contributed by atoms with Gasteiger partial charge < -0.3 is 9.32 Å². The Bertz CT molecular complexity index is 3230. The highest BCUT2D eigenvalue weighted by atomic mass is 32.1. The number of benzene rings is 9. The zero-order valence-electron chi connectivity index (χ0n) is 31.0. The van der Waals surface area contributed by atoms with Crippen molar-refractivity contribution in [1.29, 1.82) is 0 Å². The van der Waals surface area contributed by atoms with Gasteiger partial charge in [0.2, 0.25) is 0 Å². The molecule has 3 heteroatoms. The number of anilines is 3. The first-order valence-corrected chi connectivity index (χ1v) is 20.2. The lowest BCUT2D eigenvalue weighted by Gasteiger charge is -2.28. The van der Waals surface area contributed by atoms with E-state index in [1.165, 1.54) is 64.7 Å². The van der Waals surface area contributed by atoms with Crippen LogP contribution in [0.2, 0.25) is 0 Å². The molecule has 0 amide bonds. The minimum atomic E-state index is 0.864. The zero-order chi connectivity index (χ0) is 37.7. The second-order valence-electron chi connectivity index (χ2n) is 14.4. The number of thiophene rings is 1. The Hall–Kier alpha value is -7.20. The van der Waals surface area contributed by atoms with E-state index in [4.69, 9.17) is 4.42 Å². The van der Waals surface area contributed by atoms with Gasteiger partial charge in [-0.05, 0) is 87.5 Å². The van der Waals surface area contributed by atoms with Gasteiger partial charge in [-0.3, -0.25) is 0 Å². The fourth-order valence-electron chi connectivity index (χ4n) is 8.49. The number of nitrogens with zero attached hydrogens (tertiary/aromatic N) is 1. The Morgan fingerprint density at radius 1 is 0.351 bits per heavy atom. The molecule has 2 heterocycles. The summed E-state index contributed by atoms with van der Waals surface area (Å²) >= 11 is 1.87. The molecule has 0 saturated carbocycles. The first kappa shape index (κ1) is 33.2. The molecule has 0 saturated heterocycles. The topological polar surface area (TPSA) is 16.4 Å². The van der Waals surface area contributed by atoms with Crippen LogP contribution in [-0.2, 0) is 0 Å². The summed E-state index contributed by atoms with van der Waals surface area (Å²) in [5.41, 5.74) is 14.5. The summed E-state index contributed by atoms with van der Waals surface area (Å²) in [6.07, 6.45) is 0. The maximum Gasteiger partial charge on any atom is 0.137 e. The third kappa shape index (κ3) is 5.71. The largest absolute Gasteiger partial charge is 0.456 e. The number of para-hydroxylation sites is 1. The SMILES string of the molecule is c1ccc(-c2ccccc2-c2ccc(N(c3ccc(-c4cccc5c4sc4ccccc45)c(-c4ccccc4)c3)c3cccc4oc5ccccc5c34)cc2)cc1. The van der Waals surface area contributed by atoms with E-state index in [0.717, 1.165) is 39.0 Å². The van der Waals surface area contributed by atoms with E-state index in [-0.39, 0.29) is 0 Å². The number of hydrogen-bond donors (Lipinski definition) is 0. The molecule has 0 N–H and O–H groups in total. The quantitative estimate of drug-likeness (QED) is 0.162. The van der Waals surface area contributed by atoms with Crippen LogP contribution in [0, 0.1) is 0 Å². The van der Waals surface area contributed by atoms with Crippen LogP contribution in [0.25, 0.3) is 86.6 Å². The van der Waals surface area contributed by atoms with Crippen molar-refractivity contribution < 1.29 is 4.42 Å². The van der Waals surface area contributed by atoms with E-state index < -0.39 is 0 Å². The Balaban J connectivity index is 1.13. The fourth-order valence-corrected chi connectivity index (χ4v) is 9.72. The second kappa shape index (κ2) is 13.8. The summed E-state index contributed by atoms with van der Waals surface area (Å²) in [5, 5.41) is 4.79. The van der Waals surface area contributed by atoms with E-state index >= 15 is 0 Å². The van der Waals surface area contributed by atoms with Crippen molar-refractivity contribution in [3.05, 3.63) is 212 Å². The summed E-state index contributed by atoms with van der Waals surface area (Å²) in [7, 11) is 0. The highest BCUT2D eigenvalue weighted by Crippen LogP contribution is 2.48. The lowest BCUT2D eigenvalue weighted by molar-refractivity contribution is 0.669. The van der Waals surface area contributed by atoms with Gasteiger partial charge in [-0.2, -0.15) is 0 Å². The van der Waals surface area contributed by atoms with E-state index in [2.05, 4.69) is 211 Å². The van der Waals surface area contributed by atoms with Crippen molar-refractivity contribution in [3.8, 4) is 44.5 Å². The van der Waals surface area contributed by atoms with Crippen LogP contribution >= 0.6 is 11.3 Å². The Morgan fingerprint density at radius 2 is 0.912 bits per heavy atom. The molecule has 0 radical (unpaired) electrons. The number of rotatable bonds is 7. The predicted molar refractivity (Wildman–Crippen MR) is 243 cm³/mol. The molecule has 268 valence electrons. The van der Waals surface area contributed by atoms with Crippen LogP contribution in [0.1, 0.15) is 0 Å². The Morgan fingerprint density at radius 3 is 1.68 bits per heavy atom. The van der Waals surface area contributed by atoms with Crippen molar-refractivity contribution in [2.75, 3.05) is 4.90 Å². The molecule has 0 atom stereocenters. The highest BCUT2D eigenvalue weighted by Gasteiger charge is 2.22. The van der Waals surface area contributed by atoms with Gasteiger partial charge in [0, 0.05) is 42.5 Å². The van der Waals surface area contributed by atoms with Gasteiger partial charge in [-0.15, -0.1) is 11.3 Å². The molecule has 0 aliphatic carbocycles. The summed E-state index contributed by atoms with van der Waals surface area (Å²) in [6, 6.07) is 76.3. The van der Waals surface area contributed by atoms with Crippen LogP contribution in [0.5, 0.6) is 0 Å². The Labute approximate surface area is 335 Å². The number of hydrogen-bond acceptors (Lipinski definition) is 3. The molecule has 2 nitrogen and oxygen atoms in total. The molecule has 11 rings (SSSR count). The van der Waals surface area contributed by atoms with Crippen LogP contribution in [0.3, 0.4) is 0 Å². The zero-order valence-corrected chi connectivity index (χ0v) is 31.8. The van der Waals surface area contributed by atoms with E-state index in [9.17, 15) is 0 Å². The second-order valence-corrected chi connectivity index (χ2v) is 15.5. The van der Waals surface area contributed by atoms with Crippen LogP contribution in [0.4, 0.5) is 17.1 Å². The molecule has 0 aliphatic rings. The summed E-state index contributed by atoms with van der Waals surface area (Å²) < 4.78 is 9.07. The third-order valence-electron chi connectivity index (χ3n) is 11.1. The fraction of sp³-hybridized carbons (Fsp3) is 0. The minimum absolute atomic E-state index is 0.864. The molecular weight excluding hydrogens is 711 g/mol. The lowest BCUT2D eigenvalue weighted by Crippen LogP contribution is -2.10. The van der Waals surface area contributed by atoms with Gasteiger partial charge in [-0.1, -0.05) is 164 Å². The van der Waals surface area contributed by atoms with Crippen molar-refractivity contribution in [2.24, 2.45) is 0 Å². The number of fused-ring (bicyclic) bond motifs is 6. The van der Waals surface area contributed by atoms with E-state index in [1.807, 2.05) is 17.4 Å². The molecule has 9 aromatic carbocycles. The average Bonchev–Trinajstić information content (AvgIpc) is 3.87. The Kier molecular flexibility index (Phi) is 8.04. The van der Waals surface area contributed by atoms with Gasteiger partial charge in [0.25, 0.3) is 0 Å². The van der Waals surface area contributed by atoms with Crippen LogP contribution < -0.4 is 4.90 Å². The summed E-state index contributed by atoms with van der Waals surface area (Å²) in [5.74, 6) is 0. The van der Waals surface area contributed by atoms with Gasteiger partial charge in [0.1, 0.15) is 11.2 Å². The lowest BCUT2D eigenvalue weighted by atomic mass is 9.92. The first-order valence-electron chi connectivity index (χ1n) is 19.3. The molecule has 57 heavy (non-hydrogen) atoms. The molecule has 0 aliphatic heterocycles. The average molecular weight is 746 g/mol. The monoisotopic (exact) mass is 745 g/mol. The third-order valence-corrected chi connectivity index (χ3v) is 12.3. The maximum atomic E-state index is 6.46. The maximum absolute atomic E-state index is 6.46. The minimum Gasteiger partial charge on any atom is -0.456 e. The van der Waals surface area contributed by atoms with Crippen molar-refractivity contribution in [1.82, 2.24) is 0 Å². The summed E-state index contributed by atoms with van der Waals surface area (Å²) in [4.78, 5) is 2.40. The van der Waals surface area contributed by atoms with Crippen molar-refractivity contribution in [2.45, 2.75) is 0 Å². The first-order chi connectivity index (χ1) is 28.3. The molecular formula is C54H35NOS. The molecule has 11 aromatic rings. The van der Waals surface area contributed by atoms with E-state index in [0.29, 0.717) is 0 Å². The molecule has 2 aromatic heterocycles. The predicted octanol–water partition coefficient (Wildman–Crippen LogP) is 16.1. The standard InChI is InChI=1S/C54H35NOS/c1-3-15-36(16-4-1)41-19-7-8-20-42(41)38-29-31-39(32-30-38)55(49-25-14-27-51-53(49)47-22-9-11-26-50(47)56-51)40-33-34-43(48(35-40)37-17-5-2-6-18-37)45-23-13-24-46-44-21-10-12-28-52(44)57-54(45)46/h1-35H. The molecule has 0 unspecified atom stereocenters. The van der Waals surface area contributed by atoms with E-state index in [1.54, 1.807) is 0 Å². The van der Waals surface area contributed by atoms with Crippen LogP contribution in [0.15, 0.2) is 217 Å². The molecule has 0 bridgehead atoms. The summed E-state index contributed by atoms with van der Waals surface area (Å²) in [6.45, 7) is 0. The number of furan rings is 1. The molecule has 0 fully saturated rings. The van der Waals surface area contributed by atoms with Gasteiger partial charge in [0.15, 0.2) is 0 Å². The van der Waals surface area contributed by atoms with Crippen molar-refractivity contribution >= 4 is 70.5 Å². The van der Waals surface area contributed by atoms with Crippen molar-refractivity contribution in [3.63, 3.8) is 0 Å². The normalized spacial score (nSPS) is 11.5. The van der Waals surface area contributed by atoms with Crippen LogP contribution in [-0.4, -0.2) is 0 Å². The highest BCUT2D eigenvalue weighted by molar-refractivity contribution is 7.26. The van der Waals surface area contributed by atoms with Gasteiger partial charge in [-0.25, -0.2) is 0 Å². The molecule has 0 spiro atoms.